The van der Waals surface area contributed by atoms with Gasteiger partial charge in [-0.25, -0.2) is 4.79 Å². The summed E-state index contributed by atoms with van der Waals surface area (Å²) in [6.45, 7) is 4.95. The molecule has 3 N–H and O–H groups in total. The van der Waals surface area contributed by atoms with Gasteiger partial charge in [0.25, 0.3) is 5.91 Å². The highest BCUT2D eigenvalue weighted by molar-refractivity contribution is 5.97. The van der Waals surface area contributed by atoms with Crippen LogP contribution in [0.5, 0.6) is 0 Å². The Labute approximate surface area is 189 Å². The van der Waals surface area contributed by atoms with Crippen LogP contribution in [0.1, 0.15) is 49.0 Å². The van der Waals surface area contributed by atoms with E-state index >= 15 is 0 Å². The van der Waals surface area contributed by atoms with Gasteiger partial charge in [-0.15, -0.1) is 0 Å². The third kappa shape index (κ3) is 7.11. The van der Waals surface area contributed by atoms with Gasteiger partial charge < -0.3 is 20.9 Å². The minimum absolute atomic E-state index is 0.0277. The maximum absolute atomic E-state index is 12.9. The van der Waals surface area contributed by atoms with E-state index in [0.717, 1.165) is 24.8 Å². The first-order valence-electron chi connectivity index (χ1n) is 11.2. The monoisotopic (exact) mass is 436 g/mol. The summed E-state index contributed by atoms with van der Waals surface area (Å²) in [6, 6.07) is 16.8. The van der Waals surface area contributed by atoms with Crippen LogP contribution in [0.2, 0.25) is 0 Å². The van der Waals surface area contributed by atoms with E-state index in [-0.39, 0.29) is 29.9 Å². The van der Waals surface area contributed by atoms with Crippen LogP contribution < -0.4 is 16.0 Å². The summed E-state index contributed by atoms with van der Waals surface area (Å²) in [6.07, 6.45) is 2.66. The molecule has 2 aromatic rings. The maximum atomic E-state index is 12.9. The number of likely N-dealkylation sites (tertiary alicyclic amines) is 1. The van der Waals surface area contributed by atoms with Crippen LogP contribution in [-0.4, -0.2) is 47.9 Å². The summed E-state index contributed by atoms with van der Waals surface area (Å²) in [5.41, 5.74) is 2.27. The first-order valence-corrected chi connectivity index (χ1v) is 11.2. The van der Waals surface area contributed by atoms with Gasteiger partial charge in [-0.05, 0) is 56.9 Å². The second-order valence-corrected chi connectivity index (χ2v) is 8.45. The first kappa shape index (κ1) is 23.3. The van der Waals surface area contributed by atoms with E-state index in [4.69, 9.17) is 0 Å². The van der Waals surface area contributed by atoms with E-state index in [9.17, 15) is 14.4 Å². The molecule has 0 saturated carbocycles. The summed E-state index contributed by atoms with van der Waals surface area (Å²) in [7, 11) is 0. The number of hydrogen-bond acceptors (Lipinski definition) is 3. The summed E-state index contributed by atoms with van der Waals surface area (Å²) < 4.78 is 0. The standard InChI is InChI=1S/C25H32N4O3/c1-18(2)26-25(32)28-22-10-6-9-20(17-22)24(31)29-15-13-21(14-16-29)27-23(30)12-11-19-7-4-3-5-8-19/h3-10,17-18,21H,11-16H2,1-2H3,(H,27,30)(H2,26,28,32). The van der Waals surface area contributed by atoms with Gasteiger partial charge in [0.15, 0.2) is 0 Å². The first-order chi connectivity index (χ1) is 15.4. The molecule has 0 aliphatic carbocycles. The van der Waals surface area contributed by atoms with Crippen LogP contribution in [0, 0.1) is 0 Å². The van der Waals surface area contributed by atoms with Gasteiger partial charge in [0.05, 0.1) is 0 Å². The molecule has 1 fully saturated rings. The lowest BCUT2D eigenvalue weighted by Gasteiger charge is -2.32. The van der Waals surface area contributed by atoms with Crippen molar-refractivity contribution in [3.63, 3.8) is 0 Å². The van der Waals surface area contributed by atoms with E-state index in [1.807, 2.05) is 44.2 Å². The predicted octanol–water partition coefficient (Wildman–Crippen LogP) is 3.57. The van der Waals surface area contributed by atoms with Crippen LogP contribution in [-0.2, 0) is 11.2 Å². The van der Waals surface area contributed by atoms with E-state index in [1.54, 1.807) is 29.2 Å². The second-order valence-electron chi connectivity index (χ2n) is 8.45. The Morgan fingerprint density at radius 1 is 1.00 bits per heavy atom. The second kappa shape index (κ2) is 11.3. The minimum atomic E-state index is -0.298. The number of nitrogens with one attached hydrogen (secondary N) is 3. The fourth-order valence-electron chi connectivity index (χ4n) is 3.77. The Morgan fingerprint density at radius 3 is 2.41 bits per heavy atom. The van der Waals surface area contributed by atoms with Crippen molar-refractivity contribution in [2.45, 2.75) is 51.6 Å². The molecule has 7 heteroatoms. The van der Waals surface area contributed by atoms with Crippen molar-refractivity contribution >= 4 is 23.5 Å². The molecule has 1 aliphatic rings. The van der Waals surface area contributed by atoms with Crippen molar-refractivity contribution in [3.05, 3.63) is 65.7 Å². The number of anilines is 1. The molecule has 0 radical (unpaired) electrons. The van der Waals surface area contributed by atoms with Crippen molar-refractivity contribution < 1.29 is 14.4 Å². The number of urea groups is 1. The van der Waals surface area contributed by atoms with Crippen molar-refractivity contribution in [1.29, 1.82) is 0 Å². The predicted molar refractivity (Wildman–Crippen MR) is 126 cm³/mol. The molecule has 1 saturated heterocycles. The number of benzene rings is 2. The van der Waals surface area contributed by atoms with E-state index < -0.39 is 0 Å². The Morgan fingerprint density at radius 2 is 1.72 bits per heavy atom. The number of aryl methyl sites for hydroxylation is 1. The summed E-state index contributed by atoms with van der Waals surface area (Å²) in [5.74, 6) is -0.0103. The SMILES string of the molecule is CC(C)NC(=O)Nc1cccc(C(=O)N2CCC(NC(=O)CCc3ccccc3)CC2)c1. The number of hydrogen-bond donors (Lipinski definition) is 3. The van der Waals surface area contributed by atoms with Crippen LogP contribution in [0.3, 0.4) is 0 Å². The Balaban J connectivity index is 1.45. The van der Waals surface area contributed by atoms with Crippen LogP contribution in [0.25, 0.3) is 0 Å². The zero-order valence-corrected chi connectivity index (χ0v) is 18.8. The molecule has 0 aromatic heterocycles. The van der Waals surface area contributed by atoms with E-state index in [1.165, 1.54) is 0 Å². The number of nitrogens with zero attached hydrogens (tertiary/aromatic N) is 1. The maximum Gasteiger partial charge on any atom is 0.319 e. The smallest absolute Gasteiger partial charge is 0.319 e. The third-order valence-electron chi connectivity index (χ3n) is 5.42. The minimum Gasteiger partial charge on any atom is -0.353 e. The summed E-state index contributed by atoms with van der Waals surface area (Å²) in [5, 5.41) is 8.62. The van der Waals surface area contributed by atoms with Crippen LogP contribution in [0.15, 0.2) is 54.6 Å². The van der Waals surface area contributed by atoms with Crippen molar-refractivity contribution in [1.82, 2.24) is 15.5 Å². The zero-order chi connectivity index (χ0) is 22.9. The van der Waals surface area contributed by atoms with Gasteiger partial charge in [0, 0.05) is 42.8 Å². The lowest BCUT2D eigenvalue weighted by Crippen LogP contribution is -2.46. The Bertz CT molecular complexity index is 922. The molecule has 170 valence electrons. The summed E-state index contributed by atoms with van der Waals surface area (Å²) >= 11 is 0. The van der Waals surface area contributed by atoms with E-state index in [2.05, 4.69) is 16.0 Å². The van der Waals surface area contributed by atoms with Crippen LogP contribution >= 0.6 is 0 Å². The molecule has 0 atom stereocenters. The molecule has 2 aromatic carbocycles. The van der Waals surface area contributed by atoms with Crippen molar-refractivity contribution in [3.8, 4) is 0 Å². The van der Waals surface area contributed by atoms with Gasteiger partial charge in [-0.1, -0.05) is 36.4 Å². The molecule has 0 spiro atoms. The Hall–Kier alpha value is -3.35. The molecular formula is C25H32N4O3. The highest BCUT2D eigenvalue weighted by atomic mass is 16.2. The highest BCUT2D eigenvalue weighted by Crippen LogP contribution is 2.17. The highest BCUT2D eigenvalue weighted by Gasteiger charge is 2.24. The molecule has 7 nitrogen and oxygen atoms in total. The number of amides is 4. The van der Waals surface area contributed by atoms with Gasteiger partial charge in [0.2, 0.25) is 5.91 Å². The number of piperidine rings is 1. The molecular weight excluding hydrogens is 404 g/mol. The Kier molecular flexibility index (Phi) is 8.25. The lowest BCUT2D eigenvalue weighted by molar-refractivity contribution is -0.122. The molecule has 1 aliphatic heterocycles. The largest absolute Gasteiger partial charge is 0.353 e. The molecule has 0 unspecified atom stereocenters. The number of carbonyl (C=O) groups is 3. The fraction of sp³-hybridized carbons (Fsp3) is 0.400. The van der Waals surface area contributed by atoms with E-state index in [0.29, 0.717) is 30.8 Å². The third-order valence-corrected chi connectivity index (χ3v) is 5.42. The van der Waals surface area contributed by atoms with Gasteiger partial charge in [-0.3, -0.25) is 9.59 Å². The van der Waals surface area contributed by atoms with Crippen molar-refractivity contribution in [2.24, 2.45) is 0 Å². The lowest BCUT2D eigenvalue weighted by atomic mass is 10.0. The molecule has 3 rings (SSSR count). The fourth-order valence-corrected chi connectivity index (χ4v) is 3.77. The topological polar surface area (TPSA) is 90.5 Å². The van der Waals surface area contributed by atoms with Crippen molar-refractivity contribution in [2.75, 3.05) is 18.4 Å². The summed E-state index contributed by atoms with van der Waals surface area (Å²) in [4.78, 5) is 38.9. The molecule has 4 amide bonds. The van der Waals surface area contributed by atoms with Gasteiger partial charge >= 0.3 is 6.03 Å². The zero-order valence-electron chi connectivity index (χ0n) is 18.8. The molecule has 32 heavy (non-hydrogen) atoms. The normalized spacial score (nSPS) is 14.2. The van der Waals surface area contributed by atoms with Gasteiger partial charge in [0.1, 0.15) is 0 Å². The number of rotatable bonds is 7. The molecule has 1 heterocycles. The number of carbonyl (C=O) groups excluding carboxylic acids is 3. The average Bonchev–Trinajstić information content (AvgIpc) is 2.78. The van der Waals surface area contributed by atoms with Crippen LogP contribution in [0.4, 0.5) is 10.5 Å². The average molecular weight is 437 g/mol. The quantitative estimate of drug-likeness (QED) is 0.620. The van der Waals surface area contributed by atoms with Gasteiger partial charge in [-0.2, -0.15) is 0 Å². The molecule has 0 bridgehead atoms.